The Labute approximate surface area is 67.0 Å². The number of carbonyl (C=O) groups is 1. The van der Waals surface area contributed by atoms with E-state index >= 15 is 0 Å². The van der Waals surface area contributed by atoms with Gasteiger partial charge in [0.1, 0.15) is 0 Å². The first-order valence-corrected chi connectivity index (χ1v) is 4.25. The molecular formula is C9H15FO. The second-order valence-corrected chi connectivity index (χ2v) is 3.61. The van der Waals surface area contributed by atoms with Gasteiger partial charge in [-0.05, 0) is 32.6 Å². The first kappa shape index (κ1) is 8.69. The molecule has 64 valence electrons. The van der Waals surface area contributed by atoms with Crippen LogP contribution in [-0.4, -0.2) is 11.5 Å². The molecule has 2 heteroatoms. The summed E-state index contributed by atoms with van der Waals surface area (Å²) in [5, 5.41) is 0. The van der Waals surface area contributed by atoms with Gasteiger partial charge in [0.25, 0.3) is 0 Å². The van der Waals surface area contributed by atoms with E-state index in [2.05, 4.69) is 0 Å². The lowest BCUT2D eigenvalue weighted by molar-refractivity contribution is -0.130. The van der Waals surface area contributed by atoms with Gasteiger partial charge in [0.2, 0.25) is 0 Å². The van der Waals surface area contributed by atoms with E-state index < -0.39 is 5.67 Å². The fourth-order valence-corrected chi connectivity index (χ4v) is 1.76. The molecule has 0 aromatic rings. The van der Waals surface area contributed by atoms with E-state index in [1.54, 1.807) is 0 Å². The molecular weight excluding hydrogens is 143 g/mol. The highest BCUT2D eigenvalue weighted by atomic mass is 19.1. The van der Waals surface area contributed by atoms with E-state index in [0.29, 0.717) is 0 Å². The number of hydrogen-bond acceptors (Lipinski definition) is 1. The summed E-state index contributed by atoms with van der Waals surface area (Å²) in [7, 11) is 0. The van der Waals surface area contributed by atoms with Gasteiger partial charge in [0.05, 0.1) is 0 Å². The van der Waals surface area contributed by atoms with Crippen LogP contribution in [0.15, 0.2) is 0 Å². The Balaban J connectivity index is 2.62. The van der Waals surface area contributed by atoms with Gasteiger partial charge in [0, 0.05) is 0 Å². The van der Waals surface area contributed by atoms with Gasteiger partial charge in [-0.2, -0.15) is 0 Å². The summed E-state index contributed by atoms with van der Waals surface area (Å²) in [6.45, 7) is 2.77. The minimum atomic E-state index is -1.56. The Morgan fingerprint density at radius 2 is 1.91 bits per heavy atom. The second kappa shape index (κ2) is 2.92. The smallest absolute Gasteiger partial charge is 0.168 e. The average molecular weight is 158 g/mol. The molecule has 1 aliphatic carbocycles. The Morgan fingerprint density at radius 3 is 2.27 bits per heavy atom. The van der Waals surface area contributed by atoms with Crippen LogP contribution in [0.5, 0.6) is 0 Å². The molecule has 0 saturated heterocycles. The third-order valence-corrected chi connectivity index (χ3v) is 2.81. The molecule has 0 aromatic carbocycles. The molecule has 1 aliphatic rings. The fourth-order valence-electron chi connectivity index (χ4n) is 1.76. The van der Waals surface area contributed by atoms with Crippen LogP contribution in [0.3, 0.4) is 0 Å². The predicted octanol–water partition coefficient (Wildman–Crippen LogP) is 2.49. The third-order valence-electron chi connectivity index (χ3n) is 2.81. The van der Waals surface area contributed by atoms with E-state index in [4.69, 9.17) is 0 Å². The van der Waals surface area contributed by atoms with Crippen molar-refractivity contribution in [3.8, 4) is 0 Å². The number of halogens is 1. The summed E-state index contributed by atoms with van der Waals surface area (Å²) in [4.78, 5) is 10.9. The van der Waals surface area contributed by atoms with Crippen LogP contribution < -0.4 is 0 Å². The molecule has 1 nitrogen and oxygen atoms in total. The molecule has 0 heterocycles. The molecule has 0 N–H and O–H groups in total. The van der Waals surface area contributed by atoms with Crippen LogP contribution in [0, 0.1) is 5.92 Å². The van der Waals surface area contributed by atoms with Gasteiger partial charge in [0.15, 0.2) is 11.5 Å². The normalized spacial score (nSPS) is 25.0. The van der Waals surface area contributed by atoms with E-state index in [-0.39, 0.29) is 11.7 Å². The Morgan fingerprint density at radius 1 is 1.45 bits per heavy atom. The van der Waals surface area contributed by atoms with E-state index in [0.717, 1.165) is 25.7 Å². The van der Waals surface area contributed by atoms with Crippen molar-refractivity contribution in [2.45, 2.75) is 45.2 Å². The van der Waals surface area contributed by atoms with Gasteiger partial charge in [-0.15, -0.1) is 0 Å². The van der Waals surface area contributed by atoms with E-state index in [1.807, 2.05) is 0 Å². The maximum atomic E-state index is 13.6. The van der Waals surface area contributed by atoms with Gasteiger partial charge in [-0.1, -0.05) is 12.8 Å². The lowest BCUT2D eigenvalue weighted by Gasteiger charge is -2.23. The van der Waals surface area contributed by atoms with Crippen molar-refractivity contribution >= 4 is 5.78 Å². The third kappa shape index (κ3) is 1.60. The number of rotatable bonds is 2. The molecule has 1 atom stereocenters. The molecule has 1 saturated carbocycles. The average Bonchev–Trinajstić information content (AvgIpc) is 2.37. The number of carbonyl (C=O) groups excluding carboxylic acids is 1. The van der Waals surface area contributed by atoms with Crippen LogP contribution in [0.4, 0.5) is 4.39 Å². The first-order chi connectivity index (χ1) is 5.05. The molecule has 1 fully saturated rings. The Bertz CT molecular complexity index is 157. The van der Waals surface area contributed by atoms with Crippen LogP contribution in [0.2, 0.25) is 0 Å². The fraction of sp³-hybridized carbons (Fsp3) is 0.889. The summed E-state index contributed by atoms with van der Waals surface area (Å²) in [5.74, 6) is -0.329. The number of Topliss-reactive ketones (excluding diaryl/α,β-unsaturated/α-hetero) is 1. The van der Waals surface area contributed by atoms with Gasteiger partial charge < -0.3 is 0 Å². The topological polar surface area (TPSA) is 17.1 Å². The zero-order valence-corrected chi connectivity index (χ0v) is 7.19. The Kier molecular flexibility index (Phi) is 2.31. The van der Waals surface area contributed by atoms with Crippen LogP contribution >= 0.6 is 0 Å². The molecule has 0 aromatic heterocycles. The summed E-state index contributed by atoms with van der Waals surface area (Å²) >= 11 is 0. The van der Waals surface area contributed by atoms with Crippen LogP contribution in [0.25, 0.3) is 0 Å². The Hall–Kier alpha value is -0.400. The monoisotopic (exact) mass is 158 g/mol. The van der Waals surface area contributed by atoms with Crippen molar-refractivity contribution in [2.75, 3.05) is 0 Å². The minimum absolute atomic E-state index is 0.0139. The second-order valence-electron chi connectivity index (χ2n) is 3.61. The molecule has 0 bridgehead atoms. The van der Waals surface area contributed by atoms with Crippen molar-refractivity contribution in [1.29, 1.82) is 0 Å². The van der Waals surface area contributed by atoms with Gasteiger partial charge in [-0.25, -0.2) is 4.39 Å². The lowest BCUT2D eigenvalue weighted by atomic mass is 9.86. The van der Waals surface area contributed by atoms with Crippen molar-refractivity contribution in [2.24, 2.45) is 5.92 Å². The quantitative estimate of drug-likeness (QED) is 0.603. The highest BCUT2D eigenvalue weighted by molar-refractivity contribution is 5.84. The highest BCUT2D eigenvalue weighted by Crippen LogP contribution is 2.36. The number of hydrogen-bond donors (Lipinski definition) is 0. The first-order valence-electron chi connectivity index (χ1n) is 4.25. The molecule has 0 spiro atoms. The summed E-state index contributed by atoms with van der Waals surface area (Å²) in [6.07, 6.45) is 3.92. The summed E-state index contributed by atoms with van der Waals surface area (Å²) < 4.78 is 13.6. The summed E-state index contributed by atoms with van der Waals surface area (Å²) in [6, 6.07) is 0. The maximum absolute atomic E-state index is 13.6. The largest absolute Gasteiger partial charge is 0.296 e. The SMILES string of the molecule is CC(=O)C(C)(F)C1CCCC1. The minimum Gasteiger partial charge on any atom is -0.296 e. The van der Waals surface area contributed by atoms with Crippen molar-refractivity contribution < 1.29 is 9.18 Å². The maximum Gasteiger partial charge on any atom is 0.168 e. The van der Waals surface area contributed by atoms with E-state index in [1.165, 1.54) is 13.8 Å². The van der Waals surface area contributed by atoms with Crippen molar-refractivity contribution in [3.63, 3.8) is 0 Å². The van der Waals surface area contributed by atoms with E-state index in [9.17, 15) is 9.18 Å². The molecule has 1 unspecified atom stereocenters. The molecule has 0 aliphatic heterocycles. The summed E-state index contributed by atoms with van der Waals surface area (Å²) in [5.41, 5.74) is -1.56. The van der Waals surface area contributed by atoms with Crippen LogP contribution in [0.1, 0.15) is 39.5 Å². The molecule has 0 radical (unpaired) electrons. The molecule has 11 heavy (non-hydrogen) atoms. The van der Waals surface area contributed by atoms with Crippen LogP contribution in [-0.2, 0) is 4.79 Å². The molecule has 1 rings (SSSR count). The highest BCUT2D eigenvalue weighted by Gasteiger charge is 2.39. The zero-order chi connectivity index (χ0) is 8.48. The van der Waals surface area contributed by atoms with Crippen molar-refractivity contribution in [3.05, 3.63) is 0 Å². The lowest BCUT2D eigenvalue weighted by Crippen LogP contribution is -2.35. The van der Waals surface area contributed by atoms with Gasteiger partial charge >= 0.3 is 0 Å². The molecule has 0 amide bonds. The number of ketones is 1. The van der Waals surface area contributed by atoms with Crippen molar-refractivity contribution in [1.82, 2.24) is 0 Å². The zero-order valence-electron chi connectivity index (χ0n) is 7.19. The predicted molar refractivity (Wildman–Crippen MR) is 42.2 cm³/mol. The number of alkyl halides is 1. The van der Waals surface area contributed by atoms with Gasteiger partial charge in [-0.3, -0.25) is 4.79 Å². The standard InChI is InChI=1S/C9H15FO/c1-7(11)9(2,10)8-5-3-4-6-8/h8H,3-6H2,1-2H3.